The summed E-state index contributed by atoms with van der Waals surface area (Å²) in [6, 6.07) is 5.39. The first kappa shape index (κ1) is 14.9. The molecule has 0 aliphatic rings. The summed E-state index contributed by atoms with van der Waals surface area (Å²) in [4.78, 5) is 22.6. The molecule has 0 unspecified atom stereocenters. The largest absolute Gasteiger partial charge is 0.478 e. The molecule has 0 atom stereocenters. The molecular formula is C13H12ClN3O4. The molecule has 110 valence electrons. The molecule has 2 rings (SSSR count). The van der Waals surface area contributed by atoms with Gasteiger partial charge in [0, 0.05) is 11.8 Å². The summed E-state index contributed by atoms with van der Waals surface area (Å²) >= 11 is 5.74. The number of carbonyl (C=O) groups is 2. The maximum Gasteiger partial charge on any atom is 0.337 e. The number of carboxylic acid groups (broad SMARTS) is 1. The third kappa shape index (κ3) is 3.96. The quantitative estimate of drug-likeness (QED) is 0.805. The van der Waals surface area contributed by atoms with Crippen molar-refractivity contribution in [2.45, 2.75) is 13.5 Å². The van der Waals surface area contributed by atoms with Crippen LogP contribution in [0.1, 0.15) is 21.8 Å². The van der Waals surface area contributed by atoms with Gasteiger partial charge < -0.3 is 20.3 Å². The number of hydrogen-bond donors (Lipinski definition) is 3. The van der Waals surface area contributed by atoms with E-state index in [9.17, 15) is 9.59 Å². The molecule has 0 aliphatic carbocycles. The zero-order valence-electron chi connectivity index (χ0n) is 11.0. The van der Waals surface area contributed by atoms with Gasteiger partial charge in [0.05, 0.1) is 22.8 Å². The second kappa shape index (κ2) is 6.27. The molecule has 0 bridgehead atoms. The molecule has 3 N–H and O–H groups in total. The van der Waals surface area contributed by atoms with Crippen molar-refractivity contribution < 1.29 is 19.2 Å². The number of carbonyl (C=O) groups excluding carboxylic acids is 1. The first-order valence-corrected chi connectivity index (χ1v) is 6.33. The van der Waals surface area contributed by atoms with Crippen LogP contribution in [0, 0.1) is 6.92 Å². The first-order valence-electron chi connectivity index (χ1n) is 5.95. The zero-order valence-corrected chi connectivity index (χ0v) is 11.8. The van der Waals surface area contributed by atoms with Crippen molar-refractivity contribution in [3.63, 3.8) is 0 Å². The van der Waals surface area contributed by atoms with Gasteiger partial charge >= 0.3 is 12.0 Å². The SMILES string of the molecule is Cc1cc(CNC(=O)Nc2ccc(Cl)c(C(=O)O)c2)on1. The lowest BCUT2D eigenvalue weighted by Crippen LogP contribution is -2.28. The summed E-state index contributed by atoms with van der Waals surface area (Å²) in [6.07, 6.45) is 0. The van der Waals surface area contributed by atoms with E-state index in [0.29, 0.717) is 11.4 Å². The Bertz CT molecular complexity index is 684. The highest BCUT2D eigenvalue weighted by molar-refractivity contribution is 6.33. The van der Waals surface area contributed by atoms with Crippen molar-refractivity contribution in [3.05, 3.63) is 46.3 Å². The van der Waals surface area contributed by atoms with Gasteiger partial charge in [-0.05, 0) is 25.1 Å². The average Bonchev–Trinajstić information content (AvgIpc) is 2.84. The molecule has 0 aliphatic heterocycles. The Morgan fingerprint density at radius 1 is 1.38 bits per heavy atom. The van der Waals surface area contributed by atoms with E-state index in [2.05, 4.69) is 15.8 Å². The highest BCUT2D eigenvalue weighted by atomic mass is 35.5. The standard InChI is InChI=1S/C13H12ClN3O4/c1-7-4-9(21-17-7)6-15-13(20)16-8-2-3-11(14)10(5-8)12(18)19/h2-5H,6H2,1H3,(H,18,19)(H2,15,16,20). The van der Waals surface area contributed by atoms with E-state index in [1.165, 1.54) is 18.2 Å². The van der Waals surface area contributed by atoms with Gasteiger partial charge in [-0.1, -0.05) is 16.8 Å². The molecule has 2 amide bonds. The molecule has 0 spiro atoms. The highest BCUT2D eigenvalue weighted by Gasteiger charge is 2.11. The summed E-state index contributed by atoms with van der Waals surface area (Å²) in [5.74, 6) is -0.647. The van der Waals surface area contributed by atoms with Gasteiger partial charge in [-0.3, -0.25) is 0 Å². The lowest BCUT2D eigenvalue weighted by molar-refractivity contribution is 0.0697. The van der Waals surface area contributed by atoms with Crippen molar-refractivity contribution in [2.24, 2.45) is 0 Å². The zero-order chi connectivity index (χ0) is 15.4. The van der Waals surface area contributed by atoms with E-state index in [0.717, 1.165) is 5.69 Å². The summed E-state index contributed by atoms with van der Waals surface area (Å²) in [7, 11) is 0. The van der Waals surface area contributed by atoms with E-state index in [1.807, 2.05) is 0 Å². The number of aromatic carboxylic acids is 1. The summed E-state index contributed by atoms with van der Waals surface area (Å²) in [5, 5.41) is 17.8. The molecule has 21 heavy (non-hydrogen) atoms. The minimum Gasteiger partial charge on any atom is -0.478 e. The maximum atomic E-state index is 11.7. The van der Waals surface area contributed by atoms with Gasteiger partial charge in [-0.25, -0.2) is 9.59 Å². The highest BCUT2D eigenvalue weighted by Crippen LogP contribution is 2.20. The molecule has 1 heterocycles. The summed E-state index contributed by atoms with van der Waals surface area (Å²) < 4.78 is 4.94. The summed E-state index contributed by atoms with van der Waals surface area (Å²) in [5.41, 5.74) is 0.958. The average molecular weight is 310 g/mol. The molecule has 0 radical (unpaired) electrons. The molecule has 0 saturated carbocycles. The van der Waals surface area contributed by atoms with Gasteiger partial charge in [0.1, 0.15) is 0 Å². The van der Waals surface area contributed by atoms with E-state index >= 15 is 0 Å². The molecule has 0 fully saturated rings. The van der Waals surface area contributed by atoms with E-state index < -0.39 is 12.0 Å². The number of anilines is 1. The molecule has 1 aromatic heterocycles. The smallest absolute Gasteiger partial charge is 0.337 e. The number of halogens is 1. The van der Waals surface area contributed by atoms with Gasteiger partial charge in [0.2, 0.25) is 0 Å². The predicted octanol–water partition coefficient (Wildman–Crippen LogP) is 2.66. The fourth-order valence-corrected chi connectivity index (χ4v) is 1.81. The van der Waals surface area contributed by atoms with E-state index in [-0.39, 0.29) is 17.1 Å². The van der Waals surface area contributed by atoms with Crippen molar-refractivity contribution in [1.29, 1.82) is 0 Å². The van der Waals surface area contributed by atoms with Crippen molar-refractivity contribution in [2.75, 3.05) is 5.32 Å². The van der Waals surface area contributed by atoms with Crippen molar-refractivity contribution in [1.82, 2.24) is 10.5 Å². The number of nitrogens with zero attached hydrogens (tertiary/aromatic N) is 1. The van der Waals surface area contributed by atoms with Crippen LogP contribution in [0.25, 0.3) is 0 Å². The van der Waals surface area contributed by atoms with E-state index in [1.54, 1.807) is 13.0 Å². The van der Waals surface area contributed by atoms with Crippen LogP contribution < -0.4 is 10.6 Å². The fourth-order valence-electron chi connectivity index (χ4n) is 1.61. The molecule has 2 aromatic rings. The number of aryl methyl sites for hydroxylation is 1. The first-order chi connectivity index (χ1) is 9.95. The minimum atomic E-state index is -1.17. The fraction of sp³-hybridized carbons (Fsp3) is 0.154. The number of aromatic nitrogens is 1. The van der Waals surface area contributed by atoms with Crippen LogP contribution in [-0.4, -0.2) is 22.3 Å². The van der Waals surface area contributed by atoms with Crippen LogP contribution >= 0.6 is 11.6 Å². The number of urea groups is 1. The summed E-state index contributed by atoms with van der Waals surface area (Å²) in [6.45, 7) is 1.94. The number of carboxylic acids is 1. The Morgan fingerprint density at radius 3 is 2.76 bits per heavy atom. The Hall–Kier alpha value is -2.54. The van der Waals surface area contributed by atoms with Gasteiger partial charge in [0.15, 0.2) is 5.76 Å². The normalized spacial score (nSPS) is 10.2. The topological polar surface area (TPSA) is 104 Å². The monoisotopic (exact) mass is 309 g/mol. The number of benzene rings is 1. The predicted molar refractivity (Wildman–Crippen MR) is 75.5 cm³/mol. The third-order valence-corrected chi connectivity index (χ3v) is 2.88. The second-order valence-corrected chi connectivity index (χ2v) is 4.65. The Labute approximate surface area is 124 Å². The van der Waals surface area contributed by atoms with Crippen LogP contribution in [-0.2, 0) is 6.54 Å². The molecule has 1 aromatic carbocycles. The lowest BCUT2D eigenvalue weighted by atomic mass is 10.2. The van der Waals surface area contributed by atoms with E-state index in [4.69, 9.17) is 21.2 Å². The number of rotatable bonds is 4. The lowest BCUT2D eigenvalue weighted by Gasteiger charge is -2.07. The maximum absolute atomic E-state index is 11.7. The van der Waals surface area contributed by atoms with Gasteiger partial charge in [0.25, 0.3) is 0 Å². The number of nitrogens with one attached hydrogen (secondary N) is 2. The molecule has 8 heteroatoms. The second-order valence-electron chi connectivity index (χ2n) is 4.24. The van der Waals surface area contributed by atoms with Crippen molar-refractivity contribution >= 4 is 29.3 Å². The minimum absolute atomic E-state index is 0.0830. The van der Waals surface area contributed by atoms with Crippen LogP contribution in [0.3, 0.4) is 0 Å². The Kier molecular flexibility index (Phi) is 4.44. The van der Waals surface area contributed by atoms with Crippen LogP contribution in [0.5, 0.6) is 0 Å². The van der Waals surface area contributed by atoms with Crippen molar-refractivity contribution in [3.8, 4) is 0 Å². The molecular weight excluding hydrogens is 298 g/mol. The Morgan fingerprint density at radius 2 is 2.14 bits per heavy atom. The van der Waals surface area contributed by atoms with Gasteiger partial charge in [-0.15, -0.1) is 0 Å². The Balaban J connectivity index is 1.96. The van der Waals surface area contributed by atoms with Gasteiger partial charge in [-0.2, -0.15) is 0 Å². The molecule has 0 saturated heterocycles. The molecule has 7 nitrogen and oxygen atoms in total. The third-order valence-electron chi connectivity index (χ3n) is 2.55. The number of amides is 2. The van der Waals surface area contributed by atoms with Crippen LogP contribution in [0.4, 0.5) is 10.5 Å². The van der Waals surface area contributed by atoms with Crippen LogP contribution in [0.2, 0.25) is 5.02 Å². The van der Waals surface area contributed by atoms with Crippen LogP contribution in [0.15, 0.2) is 28.8 Å². The number of hydrogen-bond acceptors (Lipinski definition) is 4.